The van der Waals surface area contributed by atoms with Crippen molar-refractivity contribution in [2.45, 2.75) is 6.92 Å². The average Bonchev–Trinajstić information content (AvgIpc) is 2.36. The number of benzene rings is 2. The average molecular weight is 259 g/mol. The Morgan fingerprint density at radius 3 is 2.67 bits per heavy atom. The number of rotatable bonds is 2. The molecule has 0 spiro atoms. The highest BCUT2D eigenvalue weighted by Gasteiger charge is 2.08. The van der Waals surface area contributed by atoms with Gasteiger partial charge < -0.3 is 10.5 Å². The van der Waals surface area contributed by atoms with Crippen LogP contribution in [0, 0.1) is 18.3 Å². The second-order valence-electron chi connectivity index (χ2n) is 3.90. The van der Waals surface area contributed by atoms with E-state index in [4.69, 9.17) is 27.3 Å². The quantitative estimate of drug-likeness (QED) is 0.831. The summed E-state index contributed by atoms with van der Waals surface area (Å²) in [5, 5.41) is 9.52. The van der Waals surface area contributed by atoms with E-state index >= 15 is 0 Å². The van der Waals surface area contributed by atoms with Crippen LogP contribution in [0.3, 0.4) is 0 Å². The van der Waals surface area contributed by atoms with Gasteiger partial charge in [-0.25, -0.2) is 0 Å². The lowest BCUT2D eigenvalue weighted by Crippen LogP contribution is -1.94. The maximum absolute atomic E-state index is 9.02. The monoisotopic (exact) mass is 258 g/mol. The van der Waals surface area contributed by atoms with Gasteiger partial charge in [-0.05, 0) is 42.8 Å². The maximum Gasteiger partial charge on any atom is 0.150 e. The first kappa shape index (κ1) is 12.3. The highest BCUT2D eigenvalue weighted by atomic mass is 35.5. The molecule has 90 valence electrons. The number of ether oxygens (including phenoxy) is 1. The lowest BCUT2D eigenvalue weighted by atomic mass is 10.2. The van der Waals surface area contributed by atoms with Crippen molar-refractivity contribution in [3.05, 3.63) is 52.5 Å². The van der Waals surface area contributed by atoms with Gasteiger partial charge in [-0.15, -0.1) is 0 Å². The summed E-state index contributed by atoms with van der Waals surface area (Å²) < 4.78 is 5.66. The van der Waals surface area contributed by atoms with E-state index in [1.54, 1.807) is 24.3 Å². The first-order valence-corrected chi connectivity index (χ1v) is 5.71. The van der Waals surface area contributed by atoms with Gasteiger partial charge in [-0.1, -0.05) is 17.7 Å². The molecule has 0 fully saturated rings. The van der Waals surface area contributed by atoms with E-state index in [9.17, 15) is 0 Å². The zero-order valence-corrected chi connectivity index (χ0v) is 10.5. The Balaban J connectivity index is 2.40. The lowest BCUT2D eigenvalue weighted by molar-refractivity contribution is 0.483. The van der Waals surface area contributed by atoms with E-state index in [2.05, 4.69) is 0 Å². The van der Waals surface area contributed by atoms with Crippen LogP contribution in [0.1, 0.15) is 11.1 Å². The number of nitrogen functional groups attached to an aromatic ring is 1. The molecule has 0 aromatic heterocycles. The fourth-order valence-electron chi connectivity index (χ4n) is 1.53. The molecule has 0 amide bonds. The molecule has 0 atom stereocenters. The van der Waals surface area contributed by atoms with E-state index in [0.717, 1.165) is 5.56 Å². The van der Waals surface area contributed by atoms with E-state index in [0.29, 0.717) is 27.8 Å². The molecule has 0 saturated carbocycles. The predicted molar refractivity (Wildman–Crippen MR) is 71.8 cm³/mol. The summed E-state index contributed by atoms with van der Waals surface area (Å²) in [4.78, 5) is 0. The van der Waals surface area contributed by atoms with Crippen molar-refractivity contribution in [2.24, 2.45) is 0 Å². The van der Waals surface area contributed by atoms with Crippen LogP contribution in [0.15, 0.2) is 36.4 Å². The van der Waals surface area contributed by atoms with E-state index in [1.807, 2.05) is 25.1 Å². The molecule has 0 radical (unpaired) electrons. The number of nitrogens with two attached hydrogens (primary N) is 1. The third kappa shape index (κ3) is 2.55. The van der Waals surface area contributed by atoms with Crippen molar-refractivity contribution in [2.75, 3.05) is 5.73 Å². The van der Waals surface area contributed by atoms with Crippen molar-refractivity contribution < 1.29 is 4.74 Å². The molecule has 4 heteroatoms. The topological polar surface area (TPSA) is 59.0 Å². The Hall–Kier alpha value is -2.18. The molecule has 0 saturated heterocycles. The SMILES string of the molecule is Cc1ccc(N)c(Oc2ccc(Cl)cc2C#N)c1. The van der Waals surface area contributed by atoms with Crippen LogP contribution in [0.25, 0.3) is 0 Å². The third-order valence-corrected chi connectivity index (χ3v) is 2.69. The van der Waals surface area contributed by atoms with Crippen LogP contribution in [0.5, 0.6) is 11.5 Å². The van der Waals surface area contributed by atoms with Crippen molar-refractivity contribution >= 4 is 17.3 Å². The number of halogens is 1. The molecule has 18 heavy (non-hydrogen) atoms. The van der Waals surface area contributed by atoms with Gasteiger partial charge >= 0.3 is 0 Å². The van der Waals surface area contributed by atoms with Crippen molar-refractivity contribution in [1.29, 1.82) is 5.26 Å². The summed E-state index contributed by atoms with van der Waals surface area (Å²) in [5.74, 6) is 0.980. The van der Waals surface area contributed by atoms with Crippen LogP contribution in [0.4, 0.5) is 5.69 Å². The minimum absolute atomic E-state index is 0.378. The fraction of sp³-hybridized carbons (Fsp3) is 0.0714. The predicted octanol–water partition coefficient (Wildman–Crippen LogP) is 3.89. The fourth-order valence-corrected chi connectivity index (χ4v) is 1.70. The first-order chi connectivity index (χ1) is 8.60. The van der Waals surface area contributed by atoms with Gasteiger partial charge in [0.1, 0.15) is 11.8 Å². The second kappa shape index (κ2) is 4.99. The molecule has 0 aliphatic carbocycles. The normalized spacial score (nSPS) is 9.83. The highest BCUT2D eigenvalue weighted by molar-refractivity contribution is 6.30. The summed E-state index contributed by atoms with van der Waals surface area (Å²) in [6.07, 6.45) is 0. The Labute approximate surface area is 110 Å². The van der Waals surface area contributed by atoms with Crippen LogP contribution in [0.2, 0.25) is 5.02 Å². The molecule has 0 heterocycles. The van der Waals surface area contributed by atoms with E-state index in [-0.39, 0.29) is 0 Å². The largest absolute Gasteiger partial charge is 0.454 e. The first-order valence-electron chi connectivity index (χ1n) is 5.34. The summed E-state index contributed by atoms with van der Waals surface area (Å²) in [6, 6.07) is 12.4. The summed E-state index contributed by atoms with van der Waals surface area (Å²) in [5.41, 5.74) is 7.76. The van der Waals surface area contributed by atoms with Crippen LogP contribution in [-0.2, 0) is 0 Å². The second-order valence-corrected chi connectivity index (χ2v) is 4.33. The summed E-state index contributed by atoms with van der Waals surface area (Å²) in [6.45, 7) is 1.94. The summed E-state index contributed by atoms with van der Waals surface area (Å²) in [7, 11) is 0. The number of nitriles is 1. The standard InChI is InChI=1S/C14H11ClN2O/c1-9-2-4-12(17)14(6-9)18-13-5-3-11(15)7-10(13)8-16/h2-7H,17H2,1H3. The zero-order chi connectivity index (χ0) is 13.1. The van der Waals surface area contributed by atoms with Gasteiger partial charge in [0.25, 0.3) is 0 Å². The highest BCUT2D eigenvalue weighted by Crippen LogP contribution is 2.31. The maximum atomic E-state index is 9.02. The Bertz CT molecular complexity index is 632. The Kier molecular flexibility index (Phi) is 3.40. The molecule has 0 aliphatic heterocycles. The van der Waals surface area contributed by atoms with Crippen molar-refractivity contribution in [3.63, 3.8) is 0 Å². The van der Waals surface area contributed by atoms with E-state index in [1.165, 1.54) is 0 Å². The Morgan fingerprint density at radius 1 is 1.17 bits per heavy atom. The molecule has 0 unspecified atom stereocenters. The van der Waals surface area contributed by atoms with Gasteiger partial charge in [-0.2, -0.15) is 5.26 Å². The molecule has 2 N–H and O–H groups in total. The molecule has 2 aromatic rings. The van der Waals surface area contributed by atoms with Crippen LogP contribution in [-0.4, -0.2) is 0 Å². The van der Waals surface area contributed by atoms with Crippen molar-refractivity contribution in [3.8, 4) is 17.6 Å². The van der Waals surface area contributed by atoms with Gasteiger partial charge in [0.15, 0.2) is 5.75 Å². The number of hydrogen-bond donors (Lipinski definition) is 1. The minimum Gasteiger partial charge on any atom is -0.454 e. The molecule has 0 aliphatic rings. The molecule has 2 rings (SSSR count). The van der Waals surface area contributed by atoms with Gasteiger partial charge in [0.2, 0.25) is 0 Å². The van der Waals surface area contributed by atoms with Crippen LogP contribution < -0.4 is 10.5 Å². The zero-order valence-electron chi connectivity index (χ0n) is 9.77. The number of anilines is 1. The van der Waals surface area contributed by atoms with Gasteiger partial charge in [0.05, 0.1) is 11.3 Å². The minimum atomic E-state index is 0.378. The summed E-state index contributed by atoms with van der Waals surface area (Å²) >= 11 is 5.82. The van der Waals surface area contributed by atoms with Gasteiger partial charge in [0, 0.05) is 5.02 Å². The smallest absolute Gasteiger partial charge is 0.150 e. The van der Waals surface area contributed by atoms with E-state index < -0.39 is 0 Å². The number of aryl methyl sites for hydroxylation is 1. The number of hydrogen-bond acceptors (Lipinski definition) is 3. The third-order valence-electron chi connectivity index (χ3n) is 2.45. The molecular weight excluding hydrogens is 248 g/mol. The molecule has 0 bridgehead atoms. The Morgan fingerprint density at radius 2 is 1.94 bits per heavy atom. The molecule has 3 nitrogen and oxygen atoms in total. The lowest BCUT2D eigenvalue weighted by Gasteiger charge is -2.10. The van der Waals surface area contributed by atoms with Crippen molar-refractivity contribution in [1.82, 2.24) is 0 Å². The number of nitrogens with zero attached hydrogens (tertiary/aromatic N) is 1. The molecular formula is C14H11ClN2O. The van der Waals surface area contributed by atoms with Gasteiger partial charge in [-0.3, -0.25) is 0 Å². The molecule has 2 aromatic carbocycles. The van der Waals surface area contributed by atoms with Crippen LogP contribution >= 0.6 is 11.6 Å².